The Hall–Kier alpha value is -1.52. The molecule has 0 aliphatic carbocycles. The molecule has 1 N–H and O–H groups in total. The van der Waals surface area contributed by atoms with Crippen LogP contribution in [-0.2, 0) is 4.79 Å². The van der Waals surface area contributed by atoms with Gasteiger partial charge in [0.25, 0.3) is 0 Å². The lowest BCUT2D eigenvalue weighted by atomic mass is 10.1. The van der Waals surface area contributed by atoms with Crippen molar-refractivity contribution < 1.29 is 9.90 Å². The molecule has 0 bridgehead atoms. The Morgan fingerprint density at radius 1 is 1.57 bits per heavy atom. The molecule has 21 heavy (non-hydrogen) atoms. The first-order chi connectivity index (χ1) is 9.97. The number of aliphatic carboxylic acids is 1. The highest BCUT2D eigenvalue weighted by atomic mass is 35.5. The number of hydrogen-bond acceptors (Lipinski definition) is 3. The molecule has 5 heteroatoms. The highest BCUT2D eigenvalue weighted by Gasteiger charge is 2.22. The van der Waals surface area contributed by atoms with Gasteiger partial charge in [0, 0.05) is 36.4 Å². The van der Waals surface area contributed by atoms with Gasteiger partial charge in [0.1, 0.15) is 0 Å². The molecule has 1 aromatic rings. The van der Waals surface area contributed by atoms with E-state index >= 15 is 0 Å². The summed E-state index contributed by atoms with van der Waals surface area (Å²) in [5.41, 5.74) is 1.77. The van der Waals surface area contributed by atoms with Crippen LogP contribution in [0.3, 0.4) is 0 Å². The van der Waals surface area contributed by atoms with Gasteiger partial charge in [-0.15, -0.1) is 0 Å². The summed E-state index contributed by atoms with van der Waals surface area (Å²) in [5, 5.41) is 9.22. The van der Waals surface area contributed by atoms with Crippen molar-refractivity contribution >= 4 is 29.3 Å². The van der Waals surface area contributed by atoms with Gasteiger partial charge in [-0.25, -0.2) is 4.79 Å². The summed E-state index contributed by atoms with van der Waals surface area (Å²) in [6.07, 6.45) is 5.10. The minimum absolute atomic E-state index is 0.566. The van der Waals surface area contributed by atoms with Crippen molar-refractivity contribution in [1.82, 2.24) is 4.90 Å². The van der Waals surface area contributed by atoms with Crippen molar-refractivity contribution in [3.05, 3.63) is 34.9 Å². The van der Waals surface area contributed by atoms with Crippen LogP contribution in [0, 0.1) is 0 Å². The topological polar surface area (TPSA) is 43.8 Å². The molecular formula is C16H21ClN2O2. The lowest BCUT2D eigenvalue weighted by Gasteiger charge is -2.27. The van der Waals surface area contributed by atoms with Gasteiger partial charge in [-0.05, 0) is 50.2 Å². The normalized spacial score (nSPS) is 19.3. The fraction of sp³-hybridized carbons (Fsp3) is 0.438. The van der Waals surface area contributed by atoms with E-state index in [9.17, 15) is 4.79 Å². The van der Waals surface area contributed by atoms with E-state index in [2.05, 4.69) is 23.9 Å². The second-order valence-corrected chi connectivity index (χ2v) is 5.94. The summed E-state index contributed by atoms with van der Waals surface area (Å²) in [6.45, 7) is 2.13. The van der Waals surface area contributed by atoms with Crippen molar-refractivity contribution in [3.8, 4) is 0 Å². The molecule has 1 aliphatic heterocycles. The molecule has 1 fully saturated rings. The fourth-order valence-corrected chi connectivity index (χ4v) is 2.92. The molecule has 1 aromatic carbocycles. The number of rotatable bonds is 5. The Labute approximate surface area is 130 Å². The number of likely N-dealkylation sites (N-methyl/N-ethyl adjacent to an activating group) is 2. The van der Waals surface area contributed by atoms with Crippen LogP contribution < -0.4 is 4.90 Å². The minimum Gasteiger partial charge on any atom is -0.478 e. The molecular weight excluding hydrogens is 288 g/mol. The third-order valence-electron chi connectivity index (χ3n) is 3.99. The lowest BCUT2D eigenvalue weighted by molar-refractivity contribution is -0.131. The zero-order valence-corrected chi connectivity index (χ0v) is 13.2. The van der Waals surface area contributed by atoms with Crippen LogP contribution in [0.5, 0.6) is 0 Å². The van der Waals surface area contributed by atoms with Crippen LogP contribution >= 0.6 is 11.6 Å². The number of carboxylic acid groups (broad SMARTS) is 1. The number of carboxylic acids is 1. The van der Waals surface area contributed by atoms with Crippen LogP contribution in [-0.4, -0.2) is 49.2 Å². The largest absolute Gasteiger partial charge is 0.478 e. The maximum Gasteiger partial charge on any atom is 0.328 e. The summed E-state index contributed by atoms with van der Waals surface area (Å²) >= 11 is 6.22. The quantitative estimate of drug-likeness (QED) is 0.849. The molecule has 0 amide bonds. The van der Waals surface area contributed by atoms with Crippen molar-refractivity contribution in [2.45, 2.75) is 18.9 Å². The Bertz CT molecular complexity index is 545. The van der Waals surface area contributed by atoms with Gasteiger partial charge in [-0.3, -0.25) is 0 Å². The van der Waals surface area contributed by atoms with E-state index < -0.39 is 5.97 Å². The molecule has 2 rings (SSSR count). The maximum absolute atomic E-state index is 10.5. The van der Waals surface area contributed by atoms with E-state index in [1.165, 1.54) is 18.9 Å². The van der Waals surface area contributed by atoms with Gasteiger partial charge in [0.2, 0.25) is 0 Å². The van der Waals surface area contributed by atoms with Crippen LogP contribution in [0.4, 0.5) is 5.69 Å². The van der Waals surface area contributed by atoms with Gasteiger partial charge in [-0.1, -0.05) is 17.7 Å². The first-order valence-electron chi connectivity index (χ1n) is 7.09. The van der Waals surface area contributed by atoms with E-state index in [1.54, 1.807) is 0 Å². The molecule has 0 saturated carbocycles. The molecule has 114 valence electrons. The second-order valence-electron chi connectivity index (χ2n) is 5.53. The van der Waals surface area contributed by atoms with Gasteiger partial charge < -0.3 is 14.9 Å². The van der Waals surface area contributed by atoms with E-state index in [-0.39, 0.29) is 0 Å². The molecule has 0 radical (unpaired) electrons. The number of nitrogens with zero attached hydrogens (tertiary/aromatic N) is 2. The monoisotopic (exact) mass is 308 g/mol. The van der Waals surface area contributed by atoms with E-state index in [0.717, 1.165) is 24.9 Å². The minimum atomic E-state index is -0.975. The fourth-order valence-electron chi connectivity index (χ4n) is 2.68. The smallest absolute Gasteiger partial charge is 0.328 e. The lowest BCUT2D eigenvalue weighted by Crippen LogP contribution is -2.36. The van der Waals surface area contributed by atoms with Crippen molar-refractivity contribution in [2.75, 3.05) is 32.1 Å². The Balaban J connectivity index is 2.06. The number of anilines is 1. The highest BCUT2D eigenvalue weighted by molar-refractivity contribution is 6.32. The summed E-state index contributed by atoms with van der Waals surface area (Å²) in [4.78, 5) is 15.1. The van der Waals surface area contributed by atoms with Crippen LogP contribution in [0.1, 0.15) is 18.4 Å². The van der Waals surface area contributed by atoms with Crippen molar-refractivity contribution in [3.63, 3.8) is 0 Å². The first-order valence-corrected chi connectivity index (χ1v) is 7.47. The van der Waals surface area contributed by atoms with E-state index in [0.29, 0.717) is 16.6 Å². The van der Waals surface area contributed by atoms with Gasteiger partial charge in [0.15, 0.2) is 0 Å². The molecule has 4 nitrogen and oxygen atoms in total. The first kappa shape index (κ1) is 15.9. The number of hydrogen-bond donors (Lipinski definition) is 1. The van der Waals surface area contributed by atoms with Crippen LogP contribution in [0.2, 0.25) is 5.02 Å². The average Bonchev–Trinajstić information content (AvgIpc) is 2.82. The van der Waals surface area contributed by atoms with Gasteiger partial charge in [-0.2, -0.15) is 0 Å². The van der Waals surface area contributed by atoms with E-state index in [4.69, 9.17) is 16.7 Å². The SMILES string of the molecule is CN(CC1CCCN1C)c1ccc(/C=C/C(=O)O)c(Cl)c1. The predicted octanol–water partition coefficient (Wildman–Crippen LogP) is 2.97. The molecule has 1 aliphatic rings. The number of likely N-dealkylation sites (tertiary alicyclic amines) is 1. The predicted molar refractivity (Wildman–Crippen MR) is 87.0 cm³/mol. The average molecular weight is 309 g/mol. The standard InChI is InChI=1S/C16H21ClN2O2/c1-18-9-3-4-14(18)11-19(2)13-7-5-12(15(17)10-13)6-8-16(20)21/h5-8,10,14H,3-4,9,11H2,1-2H3,(H,20,21)/b8-6+. The molecule has 1 saturated heterocycles. The Morgan fingerprint density at radius 2 is 2.33 bits per heavy atom. The van der Waals surface area contributed by atoms with E-state index in [1.807, 2.05) is 18.2 Å². The summed E-state index contributed by atoms with van der Waals surface area (Å²) in [5.74, 6) is -0.975. The van der Waals surface area contributed by atoms with Crippen LogP contribution in [0.15, 0.2) is 24.3 Å². The Kier molecular flexibility index (Phi) is 5.26. The number of halogens is 1. The molecule has 0 spiro atoms. The molecule has 1 atom stereocenters. The summed E-state index contributed by atoms with van der Waals surface area (Å²) in [7, 11) is 4.23. The highest BCUT2D eigenvalue weighted by Crippen LogP contribution is 2.25. The van der Waals surface area contributed by atoms with Crippen molar-refractivity contribution in [2.24, 2.45) is 0 Å². The molecule has 1 heterocycles. The van der Waals surface area contributed by atoms with Crippen molar-refractivity contribution in [1.29, 1.82) is 0 Å². The van der Waals surface area contributed by atoms with Gasteiger partial charge >= 0.3 is 5.97 Å². The van der Waals surface area contributed by atoms with Gasteiger partial charge in [0.05, 0.1) is 0 Å². The number of carbonyl (C=O) groups is 1. The zero-order valence-electron chi connectivity index (χ0n) is 12.4. The molecule has 0 aromatic heterocycles. The zero-order chi connectivity index (χ0) is 15.4. The second kappa shape index (κ2) is 6.96. The summed E-state index contributed by atoms with van der Waals surface area (Å²) in [6, 6.07) is 6.30. The third kappa shape index (κ3) is 4.22. The molecule has 1 unspecified atom stereocenters. The van der Waals surface area contributed by atoms with Crippen LogP contribution in [0.25, 0.3) is 6.08 Å². The Morgan fingerprint density at radius 3 is 2.90 bits per heavy atom. The maximum atomic E-state index is 10.5. The third-order valence-corrected chi connectivity index (χ3v) is 4.31. The number of benzene rings is 1. The summed E-state index contributed by atoms with van der Waals surface area (Å²) < 4.78 is 0.